The standard InChI is InChI=1S/C28H33N3O5S/c1-18-8-10-20(3)22(15-18)11-13-26-27(21(4)30-36-26)37(33,34)31-14-6-7-23(17-31)28(32)29-24-16-19(2)9-12-25(24)35-5/h8-13,15-16,23H,6-7,14,17H2,1-5H3,(H,29,32)/b13-11+/t23-/m1/s1. The molecule has 196 valence electrons. The first-order chi connectivity index (χ1) is 17.6. The fourth-order valence-corrected chi connectivity index (χ4v) is 6.34. The van der Waals surface area contributed by atoms with Crippen LogP contribution in [0, 0.1) is 33.6 Å². The fraction of sp³-hybridized carbons (Fsp3) is 0.357. The van der Waals surface area contributed by atoms with E-state index in [9.17, 15) is 13.2 Å². The van der Waals surface area contributed by atoms with Crippen molar-refractivity contribution in [1.82, 2.24) is 9.46 Å². The van der Waals surface area contributed by atoms with Crippen molar-refractivity contribution in [1.29, 1.82) is 0 Å². The number of piperidine rings is 1. The maximum absolute atomic E-state index is 13.7. The second kappa shape index (κ2) is 10.9. The predicted octanol–water partition coefficient (Wildman–Crippen LogP) is 5.13. The Kier molecular flexibility index (Phi) is 7.85. The third kappa shape index (κ3) is 5.78. The molecule has 4 rings (SSSR count). The fourth-order valence-electron chi connectivity index (χ4n) is 4.56. The van der Waals surface area contributed by atoms with Gasteiger partial charge in [0.25, 0.3) is 0 Å². The Morgan fingerprint density at radius 1 is 1.11 bits per heavy atom. The summed E-state index contributed by atoms with van der Waals surface area (Å²) in [6, 6.07) is 11.6. The van der Waals surface area contributed by atoms with E-state index in [1.165, 1.54) is 4.31 Å². The van der Waals surface area contributed by atoms with Crippen molar-refractivity contribution in [2.75, 3.05) is 25.5 Å². The largest absolute Gasteiger partial charge is 0.495 e. The highest BCUT2D eigenvalue weighted by atomic mass is 32.2. The molecule has 8 nitrogen and oxygen atoms in total. The van der Waals surface area contributed by atoms with E-state index in [0.29, 0.717) is 30.8 Å². The molecule has 3 aromatic rings. The van der Waals surface area contributed by atoms with E-state index in [2.05, 4.69) is 10.5 Å². The monoisotopic (exact) mass is 523 g/mol. The number of nitrogens with zero attached hydrogens (tertiary/aromatic N) is 2. The summed E-state index contributed by atoms with van der Waals surface area (Å²) in [7, 11) is -2.40. The third-order valence-corrected chi connectivity index (χ3v) is 8.67. The highest BCUT2D eigenvalue weighted by Crippen LogP contribution is 2.31. The summed E-state index contributed by atoms with van der Waals surface area (Å²) in [6.07, 6.45) is 4.64. The maximum Gasteiger partial charge on any atom is 0.248 e. The SMILES string of the molecule is COc1ccc(C)cc1NC(=O)[C@@H]1CCCN(S(=O)(=O)c2c(C)noc2/C=C/c2cc(C)ccc2C)C1. The van der Waals surface area contributed by atoms with Crippen molar-refractivity contribution in [2.24, 2.45) is 5.92 Å². The molecule has 1 aliphatic rings. The van der Waals surface area contributed by atoms with Crippen LogP contribution in [-0.2, 0) is 14.8 Å². The van der Waals surface area contributed by atoms with Crippen LogP contribution < -0.4 is 10.1 Å². The molecule has 1 amide bonds. The molecule has 1 atom stereocenters. The molecule has 1 fully saturated rings. The van der Waals surface area contributed by atoms with E-state index >= 15 is 0 Å². The number of aromatic nitrogens is 1. The molecule has 0 bridgehead atoms. The molecular weight excluding hydrogens is 490 g/mol. The Balaban J connectivity index is 1.56. The van der Waals surface area contributed by atoms with Gasteiger partial charge in [-0.25, -0.2) is 8.42 Å². The minimum Gasteiger partial charge on any atom is -0.495 e. The summed E-state index contributed by atoms with van der Waals surface area (Å²) in [6.45, 7) is 7.94. The van der Waals surface area contributed by atoms with Crippen LogP contribution in [0.2, 0.25) is 0 Å². The predicted molar refractivity (Wildman–Crippen MR) is 144 cm³/mol. The molecule has 0 spiro atoms. The number of aryl methyl sites for hydroxylation is 4. The molecule has 1 aromatic heterocycles. The number of anilines is 1. The van der Waals surface area contributed by atoms with Crippen molar-refractivity contribution in [2.45, 2.75) is 45.4 Å². The summed E-state index contributed by atoms with van der Waals surface area (Å²) in [5, 5.41) is 6.86. The van der Waals surface area contributed by atoms with Crippen molar-refractivity contribution in [3.8, 4) is 5.75 Å². The van der Waals surface area contributed by atoms with Crippen LogP contribution in [0.15, 0.2) is 45.8 Å². The van der Waals surface area contributed by atoms with Gasteiger partial charge in [0.15, 0.2) is 10.7 Å². The van der Waals surface area contributed by atoms with Gasteiger partial charge in [0.05, 0.1) is 18.7 Å². The van der Waals surface area contributed by atoms with Gasteiger partial charge < -0.3 is 14.6 Å². The summed E-state index contributed by atoms with van der Waals surface area (Å²) in [5.41, 5.74) is 4.98. The first-order valence-electron chi connectivity index (χ1n) is 12.3. The highest BCUT2D eigenvalue weighted by molar-refractivity contribution is 7.89. The number of methoxy groups -OCH3 is 1. The Morgan fingerprint density at radius 3 is 2.59 bits per heavy atom. The molecule has 2 heterocycles. The average Bonchev–Trinajstić information content (AvgIpc) is 3.25. The van der Waals surface area contributed by atoms with Crippen LogP contribution in [0.3, 0.4) is 0 Å². The van der Waals surface area contributed by atoms with Crippen molar-refractivity contribution in [3.05, 3.63) is 70.1 Å². The lowest BCUT2D eigenvalue weighted by Crippen LogP contribution is -2.44. The zero-order chi connectivity index (χ0) is 26.7. The molecule has 1 aliphatic heterocycles. The number of rotatable bonds is 7. The molecular formula is C28H33N3O5S. The number of carbonyl (C=O) groups excluding carboxylic acids is 1. The van der Waals surface area contributed by atoms with E-state index in [0.717, 1.165) is 22.3 Å². The zero-order valence-electron chi connectivity index (χ0n) is 21.9. The molecule has 0 radical (unpaired) electrons. The number of benzene rings is 2. The smallest absolute Gasteiger partial charge is 0.248 e. The molecule has 9 heteroatoms. The van der Waals surface area contributed by atoms with Crippen molar-refractivity contribution < 1.29 is 22.5 Å². The Hall–Kier alpha value is -3.43. The van der Waals surface area contributed by atoms with Crippen LogP contribution in [0.1, 0.15) is 46.5 Å². The molecule has 0 aliphatic carbocycles. The van der Waals surface area contributed by atoms with E-state index in [1.54, 1.807) is 26.2 Å². The number of hydrogen-bond acceptors (Lipinski definition) is 6. The molecule has 37 heavy (non-hydrogen) atoms. The number of ether oxygens (including phenoxy) is 1. The summed E-state index contributed by atoms with van der Waals surface area (Å²) in [5.74, 6) is -0.00202. The lowest BCUT2D eigenvalue weighted by molar-refractivity contribution is -0.120. The summed E-state index contributed by atoms with van der Waals surface area (Å²) >= 11 is 0. The van der Waals surface area contributed by atoms with Crippen LogP contribution >= 0.6 is 0 Å². The van der Waals surface area contributed by atoms with Crippen LogP contribution in [-0.4, -0.2) is 44.0 Å². The van der Waals surface area contributed by atoms with E-state index < -0.39 is 15.9 Å². The topological polar surface area (TPSA) is 102 Å². The second-order valence-electron chi connectivity index (χ2n) is 9.55. The first-order valence-corrected chi connectivity index (χ1v) is 13.7. The van der Waals surface area contributed by atoms with E-state index in [4.69, 9.17) is 9.26 Å². The minimum atomic E-state index is -3.94. The Morgan fingerprint density at radius 2 is 1.84 bits per heavy atom. The van der Waals surface area contributed by atoms with Crippen LogP contribution in [0.5, 0.6) is 5.75 Å². The summed E-state index contributed by atoms with van der Waals surface area (Å²) in [4.78, 5) is 13.2. The van der Waals surface area contributed by atoms with E-state index in [1.807, 2.05) is 57.2 Å². The highest BCUT2D eigenvalue weighted by Gasteiger charge is 2.37. The zero-order valence-corrected chi connectivity index (χ0v) is 22.7. The molecule has 1 N–H and O–H groups in total. The van der Waals surface area contributed by atoms with Crippen molar-refractivity contribution >= 4 is 33.8 Å². The second-order valence-corrected chi connectivity index (χ2v) is 11.4. The number of sulfonamides is 1. The Labute approximate surface area is 218 Å². The van der Waals surface area contributed by atoms with Gasteiger partial charge in [0.2, 0.25) is 15.9 Å². The minimum absolute atomic E-state index is 0.0375. The Bertz CT molecular complexity index is 1440. The molecule has 2 aromatic carbocycles. The van der Waals surface area contributed by atoms with Gasteiger partial charge >= 0.3 is 0 Å². The van der Waals surface area contributed by atoms with E-state index in [-0.39, 0.29) is 28.8 Å². The van der Waals surface area contributed by atoms with Gasteiger partial charge in [0, 0.05) is 13.1 Å². The number of amides is 1. The van der Waals surface area contributed by atoms with Gasteiger partial charge in [-0.1, -0.05) is 41.1 Å². The van der Waals surface area contributed by atoms with Gasteiger partial charge in [-0.3, -0.25) is 4.79 Å². The first kappa shape index (κ1) is 26.6. The third-order valence-electron chi connectivity index (χ3n) is 6.65. The number of hydrogen-bond donors (Lipinski definition) is 1. The van der Waals surface area contributed by atoms with Crippen LogP contribution in [0.25, 0.3) is 12.2 Å². The normalized spacial score (nSPS) is 16.7. The molecule has 0 unspecified atom stereocenters. The lowest BCUT2D eigenvalue weighted by atomic mass is 9.98. The van der Waals surface area contributed by atoms with Crippen molar-refractivity contribution in [3.63, 3.8) is 0 Å². The average molecular weight is 524 g/mol. The summed E-state index contributed by atoms with van der Waals surface area (Å²) < 4.78 is 39.6. The van der Waals surface area contributed by atoms with Gasteiger partial charge in [-0.05, 0) is 75.4 Å². The van der Waals surface area contributed by atoms with Crippen LogP contribution in [0.4, 0.5) is 5.69 Å². The molecule has 0 saturated carbocycles. The quantitative estimate of drug-likeness (QED) is 0.461. The number of nitrogens with one attached hydrogen (secondary N) is 1. The van der Waals surface area contributed by atoms with Gasteiger partial charge in [0.1, 0.15) is 11.4 Å². The number of carbonyl (C=O) groups is 1. The molecule has 1 saturated heterocycles. The van der Waals surface area contributed by atoms with Gasteiger partial charge in [-0.2, -0.15) is 4.31 Å². The lowest BCUT2D eigenvalue weighted by Gasteiger charge is -2.31. The maximum atomic E-state index is 13.7. The van der Waals surface area contributed by atoms with Gasteiger partial charge in [-0.15, -0.1) is 0 Å².